The Balaban J connectivity index is 1.59. The van der Waals surface area contributed by atoms with Crippen molar-refractivity contribution in [3.05, 3.63) is 70.9 Å². The molecule has 2 heterocycles. The molecule has 0 saturated heterocycles. The van der Waals surface area contributed by atoms with Crippen LogP contribution in [0, 0.1) is 12.7 Å². The SMILES string of the molecule is COc1ccc(C(=O)Nc2ccsc2-c2nc(-c3cccc(F)c3)no2)c(C)c1. The number of aromatic nitrogens is 2. The summed E-state index contributed by atoms with van der Waals surface area (Å²) in [7, 11) is 1.58. The van der Waals surface area contributed by atoms with Gasteiger partial charge in [-0.05, 0) is 54.3 Å². The Labute approximate surface area is 170 Å². The number of hydrogen-bond acceptors (Lipinski definition) is 6. The maximum atomic E-state index is 13.4. The van der Waals surface area contributed by atoms with E-state index in [1.165, 1.54) is 23.5 Å². The Hall–Kier alpha value is -3.52. The van der Waals surface area contributed by atoms with Gasteiger partial charge in [0.1, 0.15) is 16.4 Å². The average molecular weight is 409 g/mol. The van der Waals surface area contributed by atoms with Crippen molar-refractivity contribution in [3.8, 4) is 27.9 Å². The van der Waals surface area contributed by atoms with Gasteiger partial charge in [-0.15, -0.1) is 11.3 Å². The van der Waals surface area contributed by atoms with Gasteiger partial charge in [-0.25, -0.2) is 4.39 Å². The lowest BCUT2D eigenvalue weighted by Crippen LogP contribution is -2.13. The fraction of sp³-hybridized carbons (Fsp3) is 0.0952. The van der Waals surface area contributed by atoms with Crippen LogP contribution in [-0.4, -0.2) is 23.2 Å². The second-order valence-electron chi connectivity index (χ2n) is 6.23. The summed E-state index contributed by atoms with van der Waals surface area (Å²) in [6.45, 7) is 1.84. The van der Waals surface area contributed by atoms with E-state index in [1.807, 2.05) is 12.3 Å². The summed E-state index contributed by atoms with van der Waals surface area (Å²) < 4.78 is 24.0. The van der Waals surface area contributed by atoms with Gasteiger partial charge in [0.05, 0.1) is 12.8 Å². The number of aryl methyl sites for hydroxylation is 1. The third-order valence-corrected chi connectivity index (χ3v) is 5.20. The number of nitrogens with zero attached hydrogens (tertiary/aromatic N) is 2. The van der Waals surface area contributed by atoms with Gasteiger partial charge in [-0.2, -0.15) is 4.98 Å². The van der Waals surface area contributed by atoms with Crippen molar-refractivity contribution in [2.45, 2.75) is 6.92 Å². The van der Waals surface area contributed by atoms with Crippen LogP contribution in [0.25, 0.3) is 22.2 Å². The quantitative estimate of drug-likeness (QED) is 0.492. The van der Waals surface area contributed by atoms with Crippen molar-refractivity contribution in [3.63, 3.8) is 0 Å². The first-order chi connectivity index (χ1) is 14.0. The third-order valence-electron chi connectivity index (χ3n) is 4.29. The van der Waals surface area contributed by atoms with Crippen molar-refractivity contribution < 1.29 is 18.4 Å². The topological polar surface area (TPSA) is 77.2 Å². The second kappa shape index (κ2) is 7.84. The highest BCUT2D eigenvalue weighted by molar-refractivity contribution is 7.14. The zero-order chi connectivity index (χ0) is 20.4. The minimum atomic E-state index is -0.382. The van der Waals surface area contributed by atoms with Gasteiger partial charge in [-0.3, -0.25) is 4.79 Å². The Bertz CT molecular complexity index is 1190. The van der Waals surface area contributed by atoms with Crippen LogP contribution in [0.15, 0.2) is 58.4 Å². The first-order valence-electron chi connectivity index (χ1n) is 8.68. The Morgan fingerprint density at radius 2 is 2.07 bits per heavy atom. The van der Waals surface area contributed by atoms with Crippen LogP contribution >= 0.6 is 11.3 Å². The molecule has 0 bridgehead atoms. The van der Waals surface area contributed by atoms with Gasteiger partial charge in [0.2, 0.25) is 5.82 Å². The maximum absolute atomic E-state index is 13.4. The zero-order valence-electron chi connectivity index (χ0n) is 15.6. The second-order valence-corrected chi connectivity index (χ2v) is 7.15. The highest BCUT2D eigenvalue weighted by Gasteiger charge is 2.19. The van der Waals surface area contributed by atoms with E-state index in [-0.39, 0.29) is 23.4 Å². The summed E-state index contributed by atoms with van der Waals surface area (Å²) in [4.78, 5) is 17.7. The van der Waals surface area contributed by atoms with Crippen LogP contribution in [-0.2, 0) is 0 Å². The summed E-state index contributed by atoms with van der Waals surface area (Å²) in [6, 6.07) is 13.0. The molecule has 29 heavy (non-hydrogen) atoms. The molecule has 8 heteroatoms. The third kappa shape index (κ3) is 3.88. The molecule has 0 spiro atoms. The molecule has 0 saturated carbocycles. The number of thiophene rings is 1. The van der Waals surface area contributed by atoms with Crippen molar-refractivity contribution >= 4 is 22.9 Å². The predicted molar refractivity (Wildman–Crippen MR) is 109 cm³/mol. The number of methoxy groups -OCH3 is 1. The van der Waals surface area contributed by atoms with Crippen LogP contribution < -0.4 is 10.1 Å². The molecule has 146 valence electrons. The van der Waals surface area contributed by atoms with E-state index in [4.69, 9.17) is 9.26 Å². The summed E-state index contributed by atoms with van der Waals surface area (Å²) in [5.41, 5.74) is 2.40. The number of carbonyl (C=O) groups excluding carboxylic acids is 1. The number of hydrogen-bond donors (Lipinski definition) is 1. The zero-order valence-corrected chi connectivity index (χ0v) is 16.4. The molecule has 4 aromatic rings. The number of amides is 1. The fourth-order valence-corrected chi connectivity index (χ4v) is 3.61. The molecule has 4 rings (SSSR count). The molecular weight excluding hydrogens is 393 g/mol. The number of rotatable bonds is 5. The molecule has 0 aliphatic rings. The molecule has 1 amide bonds. The van der Waals surface area contributed by atoms with Gasteiger partial charge in [0.25, 0.3) is 11.8 Å². The number of benzene rings is 2. The van der Waals surface area contributed by atoms with Crippen LogP contribution in [0.2, 0.25) is 0 Å². The summed E-state index contributed by atoms with van der Waals surface area (Å²) in [5.74, 6) is 0.575. The number of nitrogens with one attached hydrogen (secondary N) is 1. The predicted octanol–water partition coefficient (Wildman–Crippen LogP) is 5.17. The highest BCUT2D eigenvalue weighted by Crippen LogP contribution is 2.34. The summed E-state index contributed by atoms with van der Waals surface area (Å²) in [5, 5.41) is 8.62. The van der Waals surface area contributed by atoms with Crippen LogP contribution in [0.5, 0.6) is 5.75 Å². The van der Waals surface area contributed by atoms with Gasteiger partial charge in [-0.1, -0.05) is 17.3 Å². The summed E-state index contributed by atoms with van der Waals surface area (Å²) in [6.07, 6.45) is 0. The van der Waals surface area contributed by atoms with Gasteiger partial charge in [0, 0.05) is 11.1 Å². The molecule has 6 nitrogen and oxygen atoms in total. The van der Waals surface area contributed by atoms with Gasteiger partial charge in [0.15, 0.2) is 0 Å². The first kappa shape index (κ1) is 18.8. The Morgan fingerprint density at radius 1 is 1.21 bits per heavy atom. The number of halogens is 1. The average Bonchev–Trinajstić information content (AvgIpc) is 3.37. The van der Waals surface area contributed by atoms with E-state index in [9.17, 15) is 9.18 Å². The van der Waals surface area contributed by atoms with Gasteiger partial charge < -0.3 is 14.6 Å². The Morgan fingerprint density at radius 3 is 2.83 bits per heavy atom. The molecule has 0 aliphatic heterocycles. The monoisotopic (exact) mass is 409 g/mol. The van der Waals surface area contributed by atoms with E-state index >= 15 is 0 Å². The molecule has 0 unspecified atom stereocenters. The normalized spacial score (nSPS) is 10.7. The van der Waals surface area contributed by atoms with E-state index in [1.54, 1.807) is 43.5 Å². The number of ether oxygens (including phenoxy) is 1. The fourth-order valence-electron chi connectivity index (χ4n) is 2.84. The molecule has 0 aliphatic carbocycles. The molecular formula is C21H16FN3O3S. The molecule has 0 fully saturated rings. The summed E-state index contributed by atoms with van der Waals surface area (Å²) >= 11 is 1.36. The highest BCUT2D eigenvalue weighted by atomic mass is 32.1. The van der Waals surface area contributed by atoms with Crippen molar-refractivity contribution in [2.75, 3.05) is 12.4 Å². The minimum absolute atomic E-state index is 0.251. The lowest BCUT2D eigenvalue weighted by molar-refractivity contribution is 0.102. The van der Waals surface area contributed by atoms with Crippen LogP contribution in [0.3, 0.4) is 0 Å². The Kier molecular flexibility index (Phi) is 5.09. The lowest BCUT2D eigenvalue weighted by Gasteiger charge is -2.09. The lowest BCUT2D eigenvalue weighted by atomic mass is 10.1. The molecule has 2 aromatic carbocycles. The largest absolute Gasteiger partial charge is 0.497 e. The standard InChI is InChI=1S/C21H16FN3O3S/c1-12-10-15(27-2)6-7-16(12)20(26)23-17-8-9-29-18(17)21-24-19(25-28-21)13-4-3-5-14(22)11-13/h3-11H,1-2H3,(H,23,26). The van der Waals surface area contributed by atoms with Gasteiger partial charge >= 0.3 is 0 Å². The smallest absolute Gasteiger partial charge is 0.270 e. The van der Waals surface area contributed by atoms with Crippen LogP contribution in [0.4, 0.5) is 10.1 Å². The number of carbonyl (C=O) groups is 1. The molecule has 2 aromatic heterocycles. The molecule has 0 atom stereocenters. The maximum Gasteiger partial charge on any atom is 0.270 e. The van der Waals surface area contributed by atoms with Crippen molar-refractivity contribution in [1.82, 2.24) is 10.1 Å². The minimum Gasteiger partial charge on any atom is -0.497 e. The van der Waals surface area contributed by atoms with E-state index in [0.717, 1.165) is 5.56 Å². The van der Waals surface area contributed by atoms with Crippen molar-refractivity contribution in [2.24, 2.45) is 0 Å². The molecule has 0 radical (unpaired) electrons. The van der Waals surface area contributed by atoms with Crippen molar-refractivity contribution in [1.29, 1.82) is 0 Å². The molecule has 1 N–H and O–H groups in total. The van der Waals surface area contributed by atoms with E-state index < -0.39 is 0 Å². The van der Waals surface area contributed by atoms with E-state index in [0.29, 0.717) is 27.4 Å². The first-order valence-corrected chi connectivity index (χ1v) is 9.56. The number of anilines is 1. The van der Waals surface area contributed by atoms with Crippen LogP contribution in [0.1, 0.15) is 15.9 Å². The van der Waals surface area contributed by atoms with E-state index in [2.05, 4.69) is 15.5 Å².